The monoisotopic (exact) mass is 287 g/mol. The van der Waals surface area contributed by atoms with Gasteiger partial charge in [-0.3, -0.25) is 9.89 Å². The quantitative estimate of drug-likeness (QED) is 0.725. The molecule has 2 saturated heterocycles. The molecule has 2 fully saturated rings. The van der Waals surface area contributed by atoms with Crippen molar-refractivity contribution in [1.29, 1.82) is 0 Å². The van der Waals surface area contributed by atoms with E-state index in [1.54, 1.807) is 13.2 Å². The molecule has 110 valence electrons. The second-order valence-electron chi connectivity index (χ2n) is 5.51. The van der Waals surface area contributed by atoms with Gasteiger partial charge in [-0.05, 0) is 12.8 Å². The van der Waals surface area contributed by atoms with Crippen molar-refractivity contribution in [2.24, 2.45) is 5.92 Å². The molecule has 4 heterocycles. The number of aromatic nitrogens is 4. The molecule has 2 unspecified atom stereocenters. The second-order valence-corrected chi connectivity index (χ2v) is 5.51. The first kappa shape index (κ1) is 12.4. The van der Waals surface area contributed by atoms with Crippen LogP contribution in [0.5, 0.6) is 0 Å². The minimum atomic E-state index is 0.0636. The van der Waals surface area contributed by atoms with Crippen molar-refractivity contribution in [1.82, 2.24) is 25.5 Å². The normalized spacial score (nSPS) is 25.0. The number of fused-ring (bicyclic) bond motifs is 2. The number of nitrogens with one attached hydrogen (secondary N) is 3. The fourth-order valence-corrected chi connectivity index (χ4v) is 3.36. The summed E-state index contributed by atoms with van der Waals surface area (Å²) >= 11 is 0. The average Bonchev–Trinajstić information content (AvgIpc) is 3.13. The molecule has 2 aliphatic heterocycles. The van der Waals surface area contributed by atoms with Crippen LogP contribution in [0.25, 0.3) is 11.0 Å². The Kier molecular flexibility index (Phi) is 2.69. The van der Waals surface area contributed by atoms with Gasteiger partial charge in [-0.25, -0.2) is 0 Å². The highest BCUT2D eigenvalue weighted by Gasteiger charge is 2.41. The van der Waals surface area contributed by atoms with E-state index in [1.165, 1.54) is 0 Å². The van der Waals surface area contributed by atoms with Crippen LogP contribution in [-0.2, 0) is 4.79 Å². The SMILES string of the molecule is CNc1nc(N2CCCC3C(=O)NCC32)c2cn[nH]c2n1. The lowest BCUT2D eigenvalue weighted by molar-refractivity contribution is -0.122. The van der Waals surface area contributed by atoms with Crippen LogP contribution in [0.1, 0.15) is 12.8 Å². The molecule has 2 atom stereocenters. The minimum absolute atomic E-state index is 0.0636. The molecule has 21 heavy (non-hydrogen) atoms. The Bertz CT molecular complexity index is 697. The smallest absolute Gasteiger partial charge is 0.226 e. The lowest BCUT2D eigenvalue weighted by Crippen LogP contribution is -2.46. The fraction of sp³-hybridized carbons (Fsp3) is 0.538. The number of H-pyrrole nitrogens is 1. The van der Waals surface area contributed by atoms with Crippen LogP contribution in [-0.4, -0.2) is 52.3 Å². The Balaban J connectivity index is 1.81. The van der Waals surface area contributed by atoms with Gasteiger partial charge in [0.15, 0.2) is 5.65 Å². The Morgan fingerprint density at radius 3 is 3.19 bits per heavy atom. The summed E-state index contributed by atoms with van der Waals surface area (Å²) in [5.41, 5.74) is 0.712. The van der Waals surface area contributed by atoms with Gasteiger partial charge in [0.25, 0.3) is 0 Å². The highest BCUT2D eigenvalue weighted by molar-refractivity contribution is 5.89. The number of aromatic amines is 1. The van der Waals surface area contributed by atoms with E-state index in [-0.39, 0.29) is 17.9 Å². The number of piperidine rings is 1. The molecule has 1 amide bonds. The molecule has 2 aliphatic rings. The van der Waals surface area contributed by atoms with Gasteiger partial charge in [0.05, 0.1) is 23.5 Å². The molecular weight excluding hydrogens is 270 g/mol. The van der Waals surface area contributed by atoms with Gasteiger partial charge in [0, 0.05) is 20.1 Å². The number of amides is 1. The summed E-state index contributed by atoms with van der Waals surface area (Å²) in [6.07, 6.45) is 3.69. The van der Waals surface area contributed by atoms with Crippen LogP contribution >= 0.6 is 0 Å². The van der Waals surface area contributed by atoms with Crippen molar-refractivity contribution >= 4 is 28.7 Å². The van der Waals surface area contributed by atoms with E-state index in [0.717, 1.165) is 30.6 Å². The first-order valence-corrected chi connectivity index (χ1v) is 7.21. The van der Waals surface area contributed by atoms with Crippen molar-refractivity contribution in [3.8, 4) is 0 Å². The number of hydrogen-bond donors (Lipinski definition) is 3. The molecule has 4 rings (SSSR count). The molecule has 8 heteroatoms. The van der Waals surface area contributed by atoms with E-state index in [9.17, 15) is 4.79 Å². The number of carbonyl (C=O) groups excluding carboxylic acids is 1. The number of hydrogen-bond acceptors (Lipinski definition) is 6. The van der Waals surface area contributed by atoms with E-state index >= 15 is 0 Å². The maximum atomic E-state index is 11.9. The van der Waals surface area contributed by atoms with Gasteiger partial charge >= 0.3 is 0 Å². The van der Waals surface area contributed by atoms with Gasteiger partial charge < -0.3 is 15.5 Å². The van der Waals surface area contributed by atoms with Crippen LogP contribution in [0.4, 0.5) is 11.8 Å². The molecular formula is C13H17N7O. The molecule has 2 aromatic rings. The molecule has 2 aromatic heterocycles. The summed E-state index contributed by atoms with van der Waals surface area (Å²) in [5.74, 6) is 1.63. The average molecular weight is 287 g/mol. The van der Waals surface area contributed by atoms with Crippen LogP contribution < -0.4 is 15.5 Å². The van der Waals surface area contributed by atoms with E-state index in [4.69, 9.17) is 0 Å². The molecule has 0 spiro atoms. The predicted octanol–water partition coefficient (Wildman–Crippen LogP) is 0.109. The van der Waals surface area contributed by atoms with E-state index in [0.29, 0.717) is 18.1 Å². The lowest BCUT2D eigenvalue weighted by Gasteiger charge is -2.37. The summed E-state index contributed by atoms with van der Waals surface area (Å²) in [6, 6.07) is 0.170. The molecule has 0 aliphatic carbocycles. The van der Waals surface area contributed by atoms with E-state index in [2.05, 4.69) is 35.7 Å². The van der Waals surface area contributed by atoms with E-state index < -0.39 is 0 Å². The Morgan fingerprint density at radius 2 is 2.33 bits per heavy atom. The zero-order valence-corrected chi connectivity index (χ0v) is 11.8. The lowest BCUT2D eigenvalue weighted by atomic mass is 9.91. The topological polar surface area (TPSA) is 98.8 Å². The summed E-state index contributed by atoms with van der Waals surface area (Å²) < 4.78 is 0. The maximum absolute atomic E-state index is 11.9. The third-order valence-corrected chi connectivity index (χ3v) is 4.39. The van der Waals surface area contributed by atoms with Gasteiger partial charge in [-0.1, -0.05) is 0 Å². The van der Waals surface area contributed by atoms with Gasteiger partial charge in [-0.2, -0.15) is 15.1 Å². The Morgan fingerprint density at radius 1 is 1.43 bits per heavy atom. The minimum Gasteiger partial charge on any atom is -0.357 e. The highest BCUT2D eigenvalue weighted by Crippen LogP contribution is 2.34. The van der Waals surface area contributed by atoms with Crippen LogP contribution in [0, 0.1) is 5.92 Å². The predicted molar refractivity (Wildman–Crippen MR) is 78.1 cm³/mol. The summed E-state index contributed by atoms with van der Waals surface area (Å²) in [5, 5.41) is 13.8. The first-order valence-electron chi connectivity index (χ1n) is 7.21. The van der Waals surface area contributed by atoms with Crippen molar-refractivity contribution in [3.63, 3.8) is 0 Å². The zero-order valence-electron chi connectivity index (χ0n) is 11.8. The third kappa shape index (κ3) is 1.82. The largest absolute Gasteiger partial charge is 0.357 e. The van der Waals surface area contributed by atoms with Gasteiger partial charge in [0.1, 0.15) is 5.82 Å². The molecule has 3 N–H and O–H groups in total. The first-order chi connectivity index (χ1) is 10.3. The van der Waals surface area contributed by atoms with Gasteiger partial charge in [-0.15, -0.1) is 0 Å². The van der Waals surface area contributed by atoms with Crippen molar-refractivity contribution < 1.29 is 4.79 Å². The van der Waals surface area contributed by atoms with Crippen molar-refractivity contribution in [2.45, 2.75) is 18.9 Å². The molecule has 8 nitrogen and oxygen atoms in total. The van der Waals surface area contributed by atoms with Crippen LogP contribution in [0.15, 0.2) is 6.20 Å². The second kappa shape index (κ2) is 4.57. The maximum Gasteiger partial charge on any atom is 0.226 e. The number of rotatable bonds is 2. The standard InChI is InChI=1S/C13H17N7O/c1-14-13-17-10-8(5-16-19-10)11(18-13)20-4-2-3-7-9(20)6-15-12(7)21/h5,7,9H,2-4,6H2,1H3,(H,15,21)(H2,14,16,17,18,19). The Hall–Kier alpha value is -2.38. The number of anilines is 2. The van der Waals surface area contributed by atoms with Crippen LogP contribution in [0.2, 0.25) is 0 Å². The third-order valence-electron chi connectivity index (χ3n) is 4.39. The fourth-order valence-electron chi connectivity index (χ4n) is 3.36. The molecule has 0 bridgehead atoms. The number of carbonyl (C=O) groups is 1. The summed E-state index contributed by atoms with van der Waals surface area (Å²) in [7, 11) is 1.79. The van der Waals surface area contributed by atoms with Crippen molar-refractivity contribution in [3.05, 3.63) is 6.20 Å². The highest BCUT2D eigenvalue weighted by atomic mass is 16.2. The van der Waals surface area contributed by atoms with Crippen molar-refractivity contribution in [2.75, 3.05) is 30.4 Å². The zero-order chi connectivity index (χ0) is 14.4. The molecule has 0 aromatic carbocycles. The Labute approximate surface area is 121 Å². The van der Waals surface area contributed by atoms with Gasteiger partial charge in [0.2, 0.25) is 11.9 Å². The van der Waals surface area contributed by atoms with Crippen LogP contribution in [0.3, 0.4) is 0 Å². The van der Waals surface area contributed by atoms with E-state index in [1.807, 2.05) is 0 Å². The summed E-state index contributed by atoms with van der Waals surface area (Å²) in [4.78, 5) is 23.1. The summed E-state index contributed by atoms with van der Waals surface area (Å²) in [6.45, 7) is 1.58. The molecule has 0 saturated carbocycles. The number of nitrogens with zero attached hydrogens (tertiary/aromatic N) is 4. The molecule has 0 radical (unpaired) electrons.